The lowest BCUT2D eigenvalue weighted by molar-refractivity contribution is 0.252. The largest absolute Gasteiger partial charge is 0.338 e. The van der Waals surface area contributed by atoms with Crippen LogP contribution in [-0.4, -0.2) is 17.6 Å². The minimum absolute atomic E-state index is 0.220. The first-order chi connectivity index (χ1) is 7.24. The van der Waals surface area contributed by atoms with Gasteiger partial charge >= 0.3 is 6.03 Å². The average Bonchev–Trinajstić information content (AvgIpc) is 2.22. The highest BCUT2D eigenvalue weighted by Gasteiger charge is 2.04. The third kappa shape index (κ3) is 4.29. The second-order valence-electron chi connectivity index (χ2n) is 3.07. The lowest BCUT2D eigenvalue weighted by Gasteiger charge is -2.07. The Morgan fingerprint density at radius 2 is 2.40 bits per heavy atom. The smallest absolute Gasteiger partial charge is 0.320 e. The molecule has 1 rings (SSSR count). The quantitative estimate of drug-likeness (QED) is 0.828. The molecule has 0 saturated heterocycles. The van der Waals surface area contributed by atoms with Crippen molar-refractivity contribution in [1.82, 2.24) is 10.3 Å². The Kier molecular flexibility index (Phi) is 5.10. The zero-order chi connectivity index (χ0) is 11.1. The first-order valence-electron chi connectivity index (χ1n) is 4.89. The SMILES string of the molecule is CCCCNC(=O)Nc1ncccc1Br. The van der Waals surface area contributed by atoms with Crippen molar-refractivity contribution in [2.75, 3.05) is 11.9 Å². The highest BCUT2D eigenvalue weighted by atomic mass is 79.9. The number of nitrogens with one attached hydrogen (secondary N) is 2. The highest BCUT2D eigenvalue weighted by molar-refractivity contribution is 9.10. The van der Waals surface area contributed by atoms with Gasteiger partial charge < -0.3 is 5.32 Å². The number of carbonyl (C=O) groups excluding carboxylic acids is 1. The van der Waals surface area contributed by atoms with E-state index in [-0.39, 0.29) is 6.03 Å². The molecule has 2 amide bonds. The molecule has 0 radical (unpaired) electrons. The van der Waals surface area contributed by atoms with Gasteiger partial charge in [0.05, 0.1) is 4.47 Å². The minimum Gasteiger partial charge on any atom is -0.338 e. The maximum Gasteiger partial charge on any atom is 0.320 e. The summed E-state index contributed by atoms with van der Waals surface area (Å²) >= 11 is 3.30. The molecule has 5 heteroatoms. The van der Waals surface area contributed by atoms with E-state index < -0.39 is 0 Å². The van der Waals surface area contributed by atoms with E-state index in [0.29, 0.717) is 12.4 Å². The van der Waals surface area contributed by atoms with Gasteiger partial charge in [0.1, 0.15) is 5.82 Å². The van der Waals surface area contributed by atoms with Crippen molar-refractivity contribution in [3.05, 3.63) is 22.8 Å². The number of unbranched alkanes of at least 4 members (excludes halogenated alkanes) is 1. The first kappa shape index (κ1) is 12.0. The molecule has 0 spiro atoms. The van der Waals surface area contributed by atoms with Crippen molar-refractivity contribution in [3.8, 4) is 0 Å². The summed E-state index contributed by atoms with van der Waals surface area (Å²) < 4.78 is 0.774. The molecular formula is C10H14BrN3O. The van der Waals surface area contributed by atoms with E-state index in [1.54, 1.807) is 12.3 Å². The fraction of sp³-hybridized carbons (Fsp3) is 0.400. The van der Waals surface area contributed by atoms with Crippen LogP contribution in [0.4, 0.5) is 10.6 Å². The lowest BCUT2D eigenvalue weighted by atomic mass is 10.3. The Bertz CT molecular complexity index is 330. The van der Waals surface area contributed by atoms with E-state index in [2.05, 4.69) is 38.5 Å². The molecule has 0 atom stereocenters. The van der Waals surface area contributed by atoms with Gasteiger partial charge in [-0.15, -0.1) is 0 Å². The van der Waals surface area contributed by atoms with Crippen molar-refractivity contribution in [1.29, 1.82) is 0 Å². The van der Waals surface area contributed by atoms with Crippen molar-refractivity contribution in [2.45, 2.75) is 19.8 Å². The standard InChI is InChI=1S/C10H14BrN3O/c1-2-3-6-13-10(15)14-9-8(11)5-4-7-12-9/h4-5,7H,2-3,6H2,1H3,(H2,12,13,14,15). The Labute approximate surface area is 97.6 Å². The van der Waals surface area contributed by atoms with Crippen LogP contribution in [0.25, 0.3) is 0 Å². The number of amides is 2. The molecule has 1 aromatic heterocycles. The number of carbonyl (C=O) groups is 1. The van der Waals surface area contributed by atoms with Gasteiger partial charge in [0.25, 0.3) is 0 Å². The zero-order valence-electron chi connectivity index (χ0n) is 8.59. The van der Waals surface area contributed by atoms with E-state index in [0.717, 1.165) is 17.3 Å². The van der Waals surface area contributed by atoms with Crippen molar-refractivity contribution >= 4 is 27.8 Å². The maximum atomic E-state index is 11.4. The van der Waals surface area contributed by atoms with E-state index in [1.807, 2.05) is 6.07 Å². The Morgan fingerprint density at radius 3 is 3.07 bits per heavy atom. The maximum absolute atomic E-state index is 11.4. The average molecular weight is 272 g/mol. The molecule has 1 heterocycles. The molecule has 0 aromatic carbocycles. The van der Waals surface area contributed by atoms with Gasteiger partial charge in [-0.1, -0.05) is 13.3 Å². The molecule has 0 aliphatic carbocycles. The van der Waals surface area contributed by atoms with Crippen LogP contribution in [-0.2, 0) is 0 Å². The van der Waals surface area contributed by atoms with Crippen LogP contribution in [0.2, 0.25) is 0 Å². The fourth-order valence-electron chi connectivity index (χ4n) is 1.01. The summed E-state index contributed by atoms with van der Waals surface area (Å²) in [6.07, 6.45) is 3.68. The number of urea groups is 1. The Hall–Kier alpha value is -1.10. The summed E-state index contributed by atoms with van der Waals surface area (Å²) in [6, 6.07) is 3.40. The molecular weight excluding hydrogens is 258 g/mol. The summed E-state index contributed by atoms with van der Waals surface area (Å²) in [4.78, 5) is 15.4. The molecule has 0 aliphatic rings. The molecule has 0 saturated carbocycles. The fourth-order valence-corrected chi connectivity index (χ4v) is 1.36. The van der Waals surface area contributed by atoms with Crippen LogP contribution in [0, 0.1) is 0 Å². The van der Waals surface area contributed by atoms with Gasteiger partial charge in [0.2, 0.25) is 0 Å². The third-order valence-corrected chi connectivity index (χ3v) is 2.45. The highest BCUT2D eigenvalue weighted by Crippen LogP contribution is 2.17. The molecule has 0 unspecified atom stereocenters. The van der Waals surface area contributed by atoms with Crippen LogP contribution in [0.5, 0.6) is 0 Å². The van der Waals surface area contributed by atoms with E-state index in [4.69, 9.17) is 0 Å². The third-order valence-electron chi connectivity index (χ3n) is 1.81. The molecule has 4 nitrogen and oxygen atoms in total. The molecule has 0 fully saturated rings. The number of nitrogens with zero attached hydrogens (tertiary/aromatic N) is 1. The number of anilines is 1. The van der Waals surface area contributed by atoms with Crippen LogP contribution < -0.4 is 10.6 Å². The predicted octanol–water partition coefficient (Wildman–Crippen LogP) is 2.77. The van der Waals surface area contributed by atoms with Crippen LogP contribution in [0.3, 0.4) is 0 Å². The molecule has 82 valence electrons. The number of hydrogen-bond donors (Lipinski definition) is 2. The number of pyridine rings is 1. The van der Waals surface area contributed by atoms with Gasteiger partial charge in [-0.05, 0) is 34.5 Å². The minimum atomic E-state index is -0.220. The van der Waals surface area contributed by atoms with Gasteiger partial charge in [0, 0.05) is 12.7 Å². The number of hydrogen-bond acceptors (Lipinski definition) is 2. The van der Waals surface area contributed by atoms with E-state index in [9.17, 15) is 4.79 Å². The normalized spacial score (nSPS) is 9.73. The summed E-state index contributed by atoms with van der Waals surface area (Å²) in [5.41, 5.74) is 0. The summed E-state index contributed by atoms with van der Waals surface area (Å²) in [5, 5.41) is 5.41. The van der Waals surface area contributed by atoms with Crippen LogP contribution in [0.1, 0.15) is 19.8 Å². The van der Waals surface area contributed by atoms with Crippen molar-refractivity contribution < 1.29 is 4.79 Å². The monoisotopic (exact) mass is 271 g/mol. The van der Waals surface area contributed by atoms with Gasteiger partial charge in [-0.2, -0.15) is 0 Å². The summed E-state index contributed by atoms with van der Waals surface area (Å²) in [6.45, 7) is 2.77. The zero-order valence-corrected chi connectivity index (χ0v) is 10.2. The second kappa shape index (κ2) is 6.40. The van der Waals surface area contributed by atoms with Crippen LogP contribution >= 0.6 is 15.9 Å². The van der Waals surface area contributed by atoms with Crippen molar-refractivity contribution in [3.63, 3.8) is 0 Å². The molecule has 1 aromatic rings. The molecule has 15 heavy (non-hydrogen) atoms. The van der Waals surface area contributed by atoms with Gasteiger partial charge in [-0.3, -0.25) is 5.32 Å². The molecule has 0 bridgehead atoms. The number of rotatable bonds is 4. The predicted molar refractivity (Wildman–Crippen MR) is 63.9 cm³/mol. The number of aromatic nitrogens is 1. The summed E-state index contributed by atoms with van der Waals surface area (Å²) in [5.74, 6) is 0.534. The second-order valence-corrected chi connectivity index (χ2v) is 3.92. The van der Waals surface area contributed by atoms with Crippen LogP contribution in [0.15, 0.2) is 22.8 Å². The Balaban J connectivity index is 2.41. The number of halogens is 1. The first-order valence-corrected chi connectivity index (χ1v) is 5.68. The molecule has 0 aliphatic heterocycles. The molecule has 2 N–H and O–H groups in total. The van der Waals surface area contributed by atoms with E-state index in [1.165, 1.54) is 0 Å². The van der Waals surface area contributed by atoms with Gasteiger partial charge in [0.15, 0.2) is 0 Å². The summed E-state index contributed by atoms with van der Waals surface area (Å²) in [7, 11) is 0. The topological polar surface area (TPSA) is 54.0 Å². The lowest BCUT2D eigenvalue weighted by Crippen LogP contribution is -2.29. The Morgan fingerprint density at radius 1 is 1.60 bits per heavy atom. The van der Waals surface area contributed by atoms with Crippen molar-refractivity contribution in [2.24, 2.45) is 0 Å². The van der Waals surface area contributed by atoms with Gasteiger partial charge in [-0.25, -0.2) is 9.78 Å². The van der Waals surface area contributed by atoms with E-state index >= 15 is 0 Å².